The van der Waals surface area contributed by atoms with Crippen molar-refractivity contribution in [1.29, 1.82) is 0 Å². The molecule has 1 unspecified atom stereocenters. The van der Waals surface area contributed by atoms with Gasteiger partial charge >= 0.3 is 0 Å². The number of likely N-dealkylation sites (N-methyl/N-ethyl adjacent to an activating group) is 1. The first-order valence-electron chi connectivity index (χ1n) is 10.9. The SMILES string of the molecule is CCCCCCCCCCCCCCCCOP(=O)([O-])OCC[NH+](C)C. The van der Waals surface area contributed by atoms with E-state index in [9.17, 15) is 9.46 Å². The van der Waals surface area contributed by atoms with Crippen molar-refractivity contribution in [2.24, 2.45) is 0 Å². The molecule has 0 rings (SSSR count). The molecule has 0 saturated heterocycles. The number of hydrogen-bond acceptors (Lipinski definition) is 4. The Kier molecular flexibility index (Phi) is 18.5. The van der Waals surface area contributed by atoms with Gasteiger partial charge in [-0.15, -0.1) is 0 Å². The van der Waals surface area contributed by atoms with E-state index in [4.69, 9.17) is 9.05 Å². The van der Waals surface area contributed by atoms with Crippen molar-refractivity contribution < 1.29 is 23.4 Å². The molecule has 0 amide bonds. The zero-order valence-electron chi connectivity index (χ0n) is 17.6. The molecule has 5 nitrogen and oxygen atoms in total. The second-order valence-electron chi connectivity index (χ2n) is 7.67. The van der Waals surface area contributed by atoms with Gasteiger partial charge in [0.05, 0.1) is 20.7 Å². The van der Waals surface area contributed by atoms with Crippen LogP contribution in [0.15, 0.2) is 0 Å². The summed E-state index contributed by atoms with van der Waals surface area (Å²) in [4.78, 5) is 12.7. The normalized spacial score (nSPS) is 14.0. The molecule has 0 aromatic rings. The number of nitrogens with one attached hydrogen (secondary N) is 1. The zero-order valence-corrected chi connectivity index (χ0v) is 18.5. The van der Waals surface area contributed by atoms with Gasteiger partial charge < -0.3 is 18.8 Å². The zero-order chi connectivity index (χ0) is 19.5. The van der Waals surface area contributed by atoms with Crippen LogP contribution in [0.2, 0.25) is 0 Å². The maximum absolute atomic E-state index is 11.5. The lowest BCUT2D eigenvalue weighted by atomic mass is 10.0. The van der Waals surface area contributed by atoms with Crippen LogP contribution >= 0.6 is 7.82 Å². The Morgan fingerprint density at radius 3 is 1.50 bits per heavy atom. The van der Waals surface area contributed by atoms with E-state index in [1.165, 1.54) is 70.6 Å². The van der Waals surface area contributed by atoms with Gasteiger partial charge in [-0.2, -0.15) is 0 Å². The molecule has 1 atom stereocenters. The molecule has 0 radical (unpaired) electrons. The van der Waals surface area contributed by atoms with Crippen molar-refractivity contribution >= 4 is 7.82 Å². The van der Waals surface area contributed by atoms with Gasteiger partial charge in [-0.3, -0.25) is 4.57 Å². The standard InChI is InChI=1S/C20H44NO4P/c1-4-5-6-7-8-9-10-11-12-13-14-15-16-17-19-24-26(22,23)25-20-18-21(2)3/h4-20H2,1-3H3,(H,22,23). The highest BCUT2D eigenvalue weighted by Gasteiger charge is 2.09. The molecule has 0 saturated carbocycles. The number of phosphoric ester groups is 1. The molecule has 26 heavy (non-hydrogen) atoms. The van der Waals surface area contributed by atoms with Crippen molar-refractivity contribution in [2.45, 2.75) is 96.8 Å². The van der Waals surface area contributed by atoms with Crippen LogP contribution in [0.4, 0.5) is 0 Å². The van der Waals surface area contributed by atoms with Gasteiger partial charge in [-0.1, -0.05) is 90.4 Å². The molecule has 0 spiro atoms. The fourth-order valence-corrected chi connectivity index (χ4v) is 3.61. The van der Waals surface area contributed by atoms with E-state index in [0.717, 1.165) is 24.2 Å². The monoisotopic (exact) mass is 393 g/mol. The Morgan fingerprint density at radius 1 is 0.692 bits per heavy atom. The predicted molar refractivity (Wildman–Crippen MR) is 108 cm³/mol. The van der Waals surface area contributed by atoms with E-state index in [1.54, 1.807) is 0 Å². The maximum atomic E-state index is 11.5. The summed E-state index contributed by atoms with van der Waals surface area (Å²) in [6.45, 7) is 3.34. The molecule has 158 valence electrons. The summed E-state index contributed by atoms with van der Waals surface area (Å²) in [6.07, 6.45) is 17.9. The van der Waals surface area contributed by atoms with Crippen molar-refractivity contribution in [1.82, 2.24) is 0 Å². The topological polar surface area (TPSA) is 63.0 Å². The smallest absolute Gasteiger partial charge is 0.268 e. The van der Waals surface area contributed by atoms with Crippen LogP contribution in [0.25, 0.3) is 0 Å². The summed E-state index contributed by atoms with van der Waals surface area (Å²) < 4.78 is 21.2. The lowest BCUT2D eigenvalue weighted by Gasteiger charge is -2.22. The third kappa shape index (κ3) is 20.4. The van der Waals surface area contributed by atoms with E-state index >= 15 is 0 Å². The van der Waals surface area contributed by atoms with Crippen molar-refractivity contribution in [3.8, 4) is 0 Å². The van der Waals surface area contributed by atoms with Gasteiger partial charge in [-0.25, -0.2) is 0 Å². The molecule has 0 aliphatic carbocycles. The average molecular weight is 394 g/mol. The Labute approximate surface area is 162 Å². The summed E-state index contributed by atoms with van der Waals surface area (Å²) in [5.74, 6) is 0. The number of unbranched alkanes of at least 4 members (excludes halogenated alkanes) is 13. The van der Waals surface area contributed by atoms with Crippen LogP contribution in [0.5, 0.6) is 0 Å². The minimum Gasteiger partial charge on any atom is -0.756 e. The van der Waals surface area contributed by atoms with Crippen LogP contribution in [-0.4, -0.2) is 33.9 Å². The molecule has 6 heteroatoms. The summed E-state index contributed by atoms with van der Waals surface area (Å²) in [5, 5.41) is 0. The molecule has 0 aromatic carbocycles. The summed E-state index contributed by atoms with van der Waals surface area (Å²) in [7, 11) is -0.193. The van der Waals surface area contributed by atoms with Crippen LogP contribution in [-0.2, 0) is 13.6 Å². The fourth-order valence-electron chi connectivity index (χ4n) is 2.87. The lowest BCUT2D eigenvalue weighted by molar-refractivity contribution is -0.858. The van der Waals surface area contributed by atoms with Gasteiger partial charge in [0.25, 0.3) is 7.82 Å². The molecule has 0 aliphatic rings. The van der Waals surface area contributed by atoms with E-state index in [1.807, 2.05) is 14.1 Å². The molecule has 0 bridgehead atoms. The third-order valence-electron chi connectivity index (χ3n) is 4.60. The second-order valence-corrected chi connectivity index (χ2v) is 9.08. The first-order valence-corrected chi connectivity index (χ1v) is 12.3. The molecule has 0 aromatic heterocycles. The predicted octanol–water partition coefficient (Wildman–Crippen LogP) is 4.11. The Morgan fingerprint density at radius 2 is 1.08 bits per heavy atom. The highest BCUT2D eigenvalue weighted by Crippen LogP contribution is 2.37. The molecule has 0 heterocycles. The first kappa shape index (κ1) is 26.1. The number of rotatable bonds is 20. The van der Waals surface area contributed by atoms with Crippen molar-refractivity contribution in [3.05, 3.63) is 0 Å². The van der Waals surface area contributed by atoms with Gasteiger partial charge in [0.15, 0.2) is 0 Å². The van der Waals surface area contributed by atoms with Gasteiger partial charge in [-0.05, 0) is 6.42 Å². The fraction of sp³-hybridized carbons (Fsp3) is 1.00. The van der Waals surface area contributed by atoms with Gasteiger partial charge in [0, 0.05) is 0 Å². The van der Waals surface area contributed by atoms with E-state index in [-0.39, 0.29) is 13.2 Å². The Hall–Kier alpha value is 0.0700. The van der Waals surface area contributed by atoms with E-state index in [0.29, 0.717) is 6.54 Å². The van der Waals surface area contributed by atoms with Crippen molar-refractivity contribution in [3.63, 3.8) is 0 Å². The molecular weight excluding hydrogens is 349 g/mol. The second kappa shape index (κ2) is 18.4. The average Bonchev–Trinajstić information content (AvgIpc) is 2.57. The van der Waals surface area contributed by atoms with Crippen LogP contribution < -0.4 is 9.79 Å². The highest BCUT2D eigenvalue weighted by molar-refractivity contribution is 7.45. The number of phosphoric acid groups is 1. The number of hydrogen-bond donors (Lipinski definition) is 1. The molecule has 0 aliphatic heterocycles. The summed E-state index contributed by atoms with van der Waals surface area (Å²) in [6, 6.07) is 0. The van der Waals surface area contributed by atoms with Crippen LogP contribution in [0.3, 0.4) is 0 Å². The molecular formula is C20H44NO4P. The van der Waals surface area contributed by atoms with E-state index in [2.05, 4.69) is 6.92 Å². The summed E-state index contributed by atoms with van der Waals surface area (Å²) in [5.41, 5.74) is 0. The van der Waals surface area contributed by atoms with Crippen molar-refractivity contribution in [2.75, 3.05) is 33.9 Å². The van der Waals surface area contributed by atoms with E-state index < -0.39 is 7.82 Å². The Bertz CT molecular complexity index is 340. The molecule has 1 N–H and O–H groups in total. The summed E-state index contributed by atoms with van der Waals surface area (Å²) >= 11 is 0. The van der Waals surface area contributed by atoms with Crippen LogP contribution in [0.1, 0.15) is 96.8 Å². The number of quaternary nitrogens is 1. The van der Waals surface area contributed by atoms with Gasteiger partial charge in [0.2, 0.25) is 0 Å². The first-order chi connectivity index (χ1) is 12.5. The minimum absolute atomic E-state index is 0.182. The lowest BCUT2D eigenvalue weighted by Crippen LogP contribution is -3.06. The highest BCUT2D eigenvalue weighted by atomic mass is 31.2. The van der Waals surface area contributed by atoms with Gasteiger partial charge in [0.1, 0.15) is 13.2 Å². The third-order valence-corrected chi connectivity index (χ3v) is 5.60. The minimum atomic E-state index is -4.10. The quantitative estimate of drug-likeness (QED) is 0.250. The van der Waals surface area contributed by atoms with Crippen LogP contribution in [0, 0.1) is 0 Å². The maximum Gasteiger partial charge on any atom is 0.268 e. The largest absolute Gasteiger partial charge is 0.756 e. The molecule has 0 fully saturated rings. The Balaban J connectivity index is 3.24.